The zero-order valence-corrected chi connectivity index (χ0v) is 10.6. The zero-order valence-electron chi connectivity index (χ0n) is 10.6. The van der Waals surface area contributed by atoms with Crippen molar-refractivity contribution >= 4 is 5.82 Å². The van der Waals surface area contributed by atoms with E-state index in [1.807, 2.05) is 24.3 Å². The van der Waals surface area contributed by atoms with Crippen LogP contribution in [0.3, 0.4) is 0 Å². The van der Waals surface area contributed by atoms with Gasteiger partial charge in [0.2, 0.25) is 0 Å². The molecule has 3 aromatic heterocycles. The quantitative estimate of drug-likeness (QED) is 0.790. The van der Waals surface area contributed by atoms with Crippen LogP contribution in [0.2, 0.25) is 0 Å². The van der Waals surface area contributed by atoms with Crippen LogP contribution in [0, 0.1) is 5.82 Å². The molecule has 0 bridgehead atoms. The molecular weight excluding hydrogens is 257 g/mol. The van der Waals surface area contributed by atoms with Crippen LogP contribution in [-0.2, 0) is 6.54 Å². The predicted octanol–water partition coefficient (Wildman–Crippen LogP) is 2.41. The summed E-state index contributed by atoms with van der Waals surface area (Å²) in [6.07, 6.45) is 5.90. The van der Waals surface area contributed by atoms with Gasteiger partial charge >= 0.3 is 0 Å². The van der Waals surface area contributed by atoms with Crippen LogP contribution in [0.5, 0.6) is 0 Å². The fraction of sp³-hybridized carbons (Fsp3) is 0.0714. The molecule has 0 radical (unpaired) electrons. The van der Waals surface area contributed by atoms with Crippen molar-refractivity contribution in [2.75, 3.05) is 5.32 Å². The van der Waals surface area contributed by atoms with Crippen LogP contribution < -0.4 is 5.32 Å². The highest BCUT2D eigenvalue weighted by Gasteiger charge is 2.02. The second kappa shape index (κ2) is 5.48. The Morgan fingerprint density at radius 1 is 1.10 bits per heavy atom. The van der Waals surface area contributed by atoms with Gasteiger partial charge in [-0.05, 0) is 23.8 Å². The van der Waals surface area contributed by atoms with Gasteiger partial charge in [0.25, 0.3) is 0 Å². The number of nitrogens with one attached hydrogen (secondary N) is 1. The summed E-state index contributed by atoms with van der Waals surface area (Å²) in [6.45, 7) is 0.623. The third-order valence-electron chi connectivity index (χ3n) is 2.73. The fourth-order valence-corrected chi connectivity index (χ4v) is 1.74. The number of halogens is 1. The summed E-state index contributed by atoms with van der Waals surface area (Å²) in [4.78, 5) is 8.42. The number of hydrogen-bond donors (Lipinski definition) is 1. The van der Waals surface area contributed by atoms with E-state index in [1.54, 1.807) is 18.5 Å². The Kier molecular flexibility index (Phi) is 3.36. The summed E-state index contributed by atoms with van der Waals surface area (Å²) in [5.74, 6) is 1.01. The maximum absolute atomic E-state index is 12.9. The van der Waals surface area contributed by atoms with Crippen LogP contribution in [-0.4, -0.2) is 19.7 Å². The zero-order chi connectivity index (χ0) is 13.8. The summed E-state index contributed by atoms with van der Waals surface area (Å²) in [5.41, 5.74) is 1.01. The minimum atomic E-state index is -0.382. The highest BCUT2D eigenvalue weighted by Crippen LogP contribution is 2.08. The third kappa shape index (κ3) is 2.80. The first-order valence-electron chi connectivity index (χ1n) is 6.12. The SMILES string of the molecule is Fc1cnn(-c2ccc(CNc3ccccn3)cn2)c1. The monoisotopic (exact) mass is 269 g/mol. The molecule has 0 amide bonds. The van der Waals surface area contributed by atoms with Crippen molar-refractivity contribution in [3.8, 4) is 5.82 Å². The lowest BCUT2D eigenvalue weighted by molar-refractivity contribution is 0.627. The minimum Gasteiger partial charge on any atom is -0.366 e. The number of nitrogens with zero attached hydrogens (tertiary/aromatic N) is 4. The molecule has 3 heterocycles. The van der Waals surface area contributed by atoms with Crippen LogP contribution >= 0.6 is 0 Å². The molecule has 0 saturated carbocycles. The summed E-state index contributed by atoms with van der Waals surface area (Å²) < 4.78 is 14.3. The van der Waals surface area contributed by atoms with Crippen LogP contribution in [0.25, 0.3) is 5.82 Å². The maximum Gasteiger partial charge on any atom is 0.161 e. The topological polar surface area (TPSA) is 55.6 Å². The van der Waals surface area contributed by atoms with E-state index in [2.05, 4.69) is 20.4 Å². The van der Waals surface area contributed by atoms with Crippen molar-refractivity contribution in [3.63, 3.8) is 0 Å². The molecule has 0 fully saturated rings. The molecule has 0 aromatic carbocycles. The number of rotatable bonds is 4. The number of pyridine rings is 2. The van der Waals surface area contributed by atoms with Crippen molar-refractivity contribution in [1.29, 1.82) is 0 Å². The molecule has 0 aliphatic rings. The molecule has 20 heavy (non-hydrogen) atoms. The second-order valence-electron chi connectivity index (χ2n) is 4.20. The lowest BCUT2D eigenvalue weighted by Gasteiger charge is -2.06. The molecule has 100 valence electrons. The standard InChI is InChI=1S/C14H12FN5/c15-12-9-19-20(10-12)14-5-4-11(8-18-14)7-17-13-3-1-2-6-16-13/h1-6,8-10H,7H2,(H,16,17). The summed E-state index contributed by atoms with van der Waals surface area (Å²) >= 11 is 0. The lowest BCUT2D eigenvalue weighted by atomic mass is 10.3. The van der Waals surface area contributed by atoms with Crippen molar-refractivity contribution in [1.82, 2.24) is 19.7 Å². The highest BCUT2D eigenvalue weighted by atomic mass is 19.1. The summed E-state index contributed by atoms with van der Waals surface area (Å²) in [7, 11) is 0. The fourth-order valence-electron chi connectivity index (χ4n) is 1.74. The van der Waals surface area contributed by atoms with Crippen molar-refractivity contribution in [2.24, 2.45) is 0 Å². The van der Waals surface area contributed by atoms with E-state index in [9.17, 15) is 4.39 Å². The molecule has 1 N–H and O–H groups in total. The van der Waals surface area contributed by atoms with Crippen LogP contribution in [0.1, 0.15) is 5.56 Å². The van der Waals surface area contributed by atoms with Gasteiger partial charge in [-0.3, -0.25) is 0 Å². The maximum atomic E-state index is 12.9. The van der Waals surface area contributed by atoms with E-state index in [1.165, 1.54) is 10.9 Å². The van der Waals surface area contributed by atoms with Crippen molar-refractivity contribution < 1.29 is 4.39 Å². The van der Waals surface area contributed by atoms with Gasteiger partial charge in [0, 0.05) is 18.9 Å². The Morgan fingerprint density at radius 2 is 2.05 bits per heavy atom. The summed E-state index contributed by atoms with van der Waals surface area (Å²) in [5, 5.41) is 7.05. The number of anilines is 1. The molecule has 3 rings (SSSR count). The lowest BCUT2D eigenvalue weighted by Crippen LogP contribution is -2.03. The normalized spacial score (nSPS) is 10.4. The van der Waals surface area contributed by atoms with Gasteiger partial charge in [-0.25, -0.2) is 19.0 Å². The van der Waals surface area contributed by atoms with E-state index in [0.717, 1.165) is 17.6 Å². The van der Waals surface area contributed by atoms with Crippen molar-refractivity contribution in [2.45, 2.75) is 6.54 Å². The Balaban J connectivity index is 1.67. The molecule has 0 aliphatic carbocycles. The number of aromatic nitrogens is 4. The van der Waals surface area contributed by atoms with E-state index in [0.29, 0.717) is 12.4 Å². The van der Waals surface area contributed by atoms with Crippen molar-refractivity contribution in [3.05, 3.63) is 66.5 Å². The first-order valence-corrected chi connectivity index (χ1v) is 6.12. The van der Waals surface area contributed by atoms with Gasteiger partial charge in [-0.15, -0.1) is 0 Å². The minimum absolute atomic E-state index is 0.382. The van der Waals surface area contributed by atoms with Gasteiger partial charge in [0.05, 0.1) is 12.4 Å². The molecule has 0 spiro atoms. The Hall–Kier alpha value is -2.76. The Bertz CT molecular complexity index is 678. The van der Waals surface area contributed by atoms with E-state index in [4.69, 9.17) is 0 Å². The largest absolute Gasteiger partial charge is 0.366 e. The molecule has 3 aromatic rings. The summed E-state index contributed by atoms with van der Waals surface area (Å²) in [6, 6.07) is 9.39. The Labute approximate surface area is 115 Å². The highest BCUT2D eigenvalue weighted by molar-refractivity contribution is 5.35. The van der Waals surface area contributed by atoms with Gasteiger partial charge in [0.1, 0.15) is 5.82 Å². The van der Waals surface area contributed by atoms with Gasteiger partial charge in [-0.1, -0.05) is 12.1 Å². The smallest absolute Gasteiger partial charge is 0.161 e. The predicted molar refractivity (Wildman–Crippen MR) is 72.9 cm³/mol. The average molecular weight is 269 g/mol. The molecule has 0 aliphatic heterocycles. The van der Waals surface area contributed by atoms with E-state index < -0.39 is 0 Å². The first-order chi connectivity index (χ1) is 9.81. The first kappa shape index (κ1) is 12.3. The Morgan fingerprint density at radius 3 is 2.70 bits per heavy atom. The van der Waals surface area contributed by atoms with Gasteiger partial charge in [0.15, 0.2) is 11.6 Å². The van der Waals surface area contributed by atoms with E-state index >= 15 is 0 Å². The third-order valence-corrected chi connectivity index (χ3v) is 2.73. The molecular formula is C14H12FN5. The molecule has 5 nitrogen and oxygen atoms in total. The van der Waals surface area contributed by atoms with Crippen LogP contribution in [0.4, 0.5) is 10.2 Å². The van der Waals surface area contributed by atoms with Gasteiger partial charge < -0.3 is 5.32 Å². The van der Waals surface area contributed by atoms with Gasteiger partial charge in [-0.2, -0.15) is 5.10 Å². The average Bonchev–Trinajstić information content (AvgIpc) is 2.93. The van der Waals surface area contributed by atoms with Crippen LogP contribution in [0.15, 0.2) is 55.1 Å². The molecule has 6 heteroatoms. The second-order valence-corrected chi connectivity index (χ2v) is 4.20. The molecule has 0 saturated heterocycles. The number of hydrogen-bond acceptors (Lipinski definition) is 4. The molecule has 0 atom stereocenters. The molecule has 0 unspecified atom stereocenters. The van der Waals surface area contributed by atoms with E-state index in [-0.39, 0.29) is 5.82 Å².